The van der Waals surface area contributed by atoms with Crippen LogP contribution >= 0.6 is 11.6 Å². The molecule has 3 nitrogen and oxygen atoms in total. The van der Waals surface area contributed by atoms with Gasteiger partial charge in [-0.15, -0.1) is 0 Å². The van der Waals surface area contributed by atoms with Gasteiger partial charge in [0.2, 0.25) is 0 Å². The summed E-state index contributed by atoms with van der Waals surface area (Å²) in [7, 11) is -2.95. The van der Waals surface area contributed by atoms with E-state index in [1.54, 1.807) is 0 Å². The fraction of sp³-hybridized carbons (Fsp3) is 0.538. The Morgan fingerprint density at radius 2 is 2.06 bits per heavy atom. The van der Waals surface area contributed by atoms with Crippen LogP contribution in [0.3, 0.4) is 0 Å². The van der Waals surface area contributed by atoms with Crippen LogP contribution < -0.4 is 5.32 Å². The Labute approximate surface area is 114 Å². The van der Waals surface area contributed by atoms with Gasteiger partial charge in [0, 0.05) is 17.3 Å². The fourth-order valence-electron chi connectivity index (χ4n) is 1.89. The molecule has 1 aromatic rings. The zero-order valence-electron chi connectivity index (χ0n) is 11.0. The van der Waals surface area contributed by atoms with Crippen LogP contribution in [0.2, 0.25) is 5.02 Å². The van der Waals surface area contributed by atoms with Gasteiger partial charge in [-0.2, -0.15) is 0 Å². The van der Waals surface area contributed by atoms with Gasteiger partial charge in [0.05, 0.1) is 5.75 Å². The third-order valence-electron chi connectivity index (χ3n) is 2.82. The molecular formula is C13H20ClNO2S. The average Bonchev–Trinajstić information content (AvgIpc) is 2.27. The Hall–Kier alpha value is -0.580. The number of sulfone groups is 1. The second-order valence-corrected chi connectivity index (χ2v) is 7.14. The van der Waals surface area contributed by atoms with E-state index in [0.717, 1.165) is 22.7 Å². The summed E-state index contributed by atoms with van der Waals surface area (Å²) in [6, 6.07) is 5.83. The van der Waals surface area contributed by atoms with E-state index in [0.29, 0.717) is 6.42 Å². The van der Waals surface area contributed by atoms with Crippen molar-refractivity contribution >= 4 is 21.4 Å². The van der Waals surface area contributed by atoms with E-state index in [4.69, 9.17) is 11.6 Å². The van der Waals surface area contributed by atoms with Crippen LogP contribution in [0.25, 0.3) is 0 Å². The minimum atomic E-state index is -2.95. The van der Waals surface area contributed by atoms with Crippen molar-refractivity contribution in [1.82, 2.24) is 5.32 Å². The van der Waals surface area contributed by atoms with Gasteiger partial charge >= 0.3 is 0 Å². The number of aryl methyl sites for hydroxylation is 1. The van der Waals surface area contributed by atoms with Crippen molar-refractivity contribution in [3.8, 4) is 0 Å². The summed E-state index contributed by atoms with van der Waals surface area (Å²) in [5.41, 5.74) is 1.98. The lowest BCUT2D eigenvalue weighted by Crippen LogP contribution is -2.23. The van der Waals surface area contributed by atoms with E-state index in [9.17, 15) is 8.42 Å². The Kier molecular flexibility index (Phi) is 5.63. The zero-order chi connectivity index (χ0) is 13.8. The largest absolute Gasteiger partial charge is 0.310 e. The Balaban J connectivity index is 2.93. The van der Waals surface area contributed by atoms with E-state index in [1.165, 1.54) is 6.26 Å². The molecule has 1 atom stereocenters. The SMILES string of the molecule is CCNC(CCS(C)(=O)=O)c1cccc(C)c1Cl. The summed E-state index contributed by atoms with van der Waals surface area (Å²) in [4.78, 5) is 0. The molecule has 0 aliphatic heterocycles. The van der Waals surface area contributed by atoms with E-state index in [2.05, 4.69) is 5.32 Å². The highest BCUT2D eigenvalue weighted by molar-refractivity contribution is 7.90. The Bertz CT molecular complexity index is 500. The van der Waals surface area contributed by atoms with Gasteiger partial charge in [0.15, 0.2) is 0 Å². The molecule has 0 amide bonds. The van der Waals surface area contributed by atoms with E-state index >= 15 is 0 Å². The molecule has 1 N–H and O–H groups in total. The second kappa shape index (κ2) is 6.55. The number of halogens is 1. The second-order valence-electron chi connectivity index (χ2n) is 4.51. The van der Waals surface area contributed by atoms with E-state index < -0.39 is 9.84 Å². The number of rotatable bonds is 6. The number of hydrogen-bond donors (Lipinski definition) is 1. The summed E-state index contributed by atoms with van der Waals surface area (Å²) in [6.07, 6.45) is 1.80. The van der Waals surface area contributed by atoms with Gasteiger partial charge in [-0.3, -0.25) is 0 Å². The Morgan fingerprint density at radius 1 is 1.39 bits per heavy atom. The van der Waals surface area contributed by atoms with Gasteiger partial charge in [0.25, 0.3) is 0 Å². The van der Waals surface area contributed by atoms with Crippen LogP contribution in [0.15, 0.2) is 18.2 Å². The van der Waals surface area contributed by atoms with Crippen LogP contribution in [-0.2, 0) is 9.84 Å². The molecule has 0 aliphatic rings. The highest BCUT2D eigenvalue weighted by Crippen LogP contribution is 2.28. The van der Waals surface area contributed by atoms with Crippen molar-refractivity contribution in [3.05, 3.63) is 34.3 Å². The molecule has 0 fully saturated rings. The first-order valence-corrected chi connectivity index (χ1v) is 8.45. The minimum absolute atomic E-state index is 0.0166. The molecule has 18 heavy (non-hydrogen) atoms. The smallest absolute Gasteiger partial charge is 0.147 e. The molecule has 0 aliphatic carbocycles. The van der Waals surface area contributed by atoms with Crippen molar-refractivity contribution in [1.29, 1.82) is 0 Å². The number of hydrogen-bond acceptors (Lipinski definition) is 3. The first kappa shape index (κ1) is 15.5. The van der Waals surface area contributed by atoms with Crippen molar-refractivity contribution in [2.75, 3.05) is 18.6 Å². The molecule has 5 heteroatoms. The third kappa shape index (κ3) is 4.59. The predicted octanol–water partition coefficient (Wildman–Crippen LogP) is 2.73. The summed E-state index contributed by atoms with van der Waals surface area (Å²) in [5.74, 6) is 0.162. The lowest BCUT2D eigenvalue weighted by atomic mass is 10.0. The topological polar surface area (TPSA) is 46.2 Å². The number of nitrogens with one attached hydrogen (secondary N) is 1. The Morgan fingerprint density at radius 3 is 2.61 bits per heavy atom. The fourth-order valence-corrected chi connectivity index (χ4v) is 2.81. The van der Waals surface area contributed by atoms with Gasteiger partial charge < -0.3 is 5.32 Å². The van der Waals surface area contributed by atoms with Gasteiger partial charge in [-0.25, -0.2) is 8.42 Å². The van der Waals surface area contributed by atoms with Crippen LogP contribution in [0.4, 0.5) is 0 Å². The maximum Gasteiger partial charge on any atom is 0.147 e. The molecule has 0 saturated carbocycles. The molecule has 0 aromatic heterocycles. The molecule has 0 heterocycles. The molecule has 1 unspecified atom stereocenters. The molecule has 0 saturated heterocycles. The third-order valence-corrected chi connectivity index (χ3v) is 4.32. The quantitative estimate of drug-likeness (QED) is 0.876. The van der Waals surface area contributed by atoms with Crippen molar-refractivity contribution in [3.63, 3.8) is 0 Å². The summed E-state index contributed by atoms with van der Waals surface area (Å²) in [6.45, 7) is 4.72. The molecule has 102 valence electrons. The summed E-state index contributed by atoms with van der Waals surface area (Å²) < 4.78 is 22.5. The van der Waals surface area contributed by atoms with Crippen molar-refractivity contribution < 1.29 is 8.42 Å². The highest BCUT2D eigenvalue weighted by Gasteiger charge is 2.16. The minimum Gasteiger partial charge on any atom is -0.310 e. The van der Waals surface area contributed by atoms with Gasteiger partial charge in [-0.1, -0.05) is 36.7 Å². The summed E-state index contributed by atoms with van der Waals surface area (Å²) >= 11 is 6.28. The van der Waals surface area contributed by atoms with Crippen LogP contribution in [-0.4, -0.2) is 27.0 Å². The van der Waals surface area contributed by atoms with Crippen molar-refractivity contribution in [2.24, 2.45) is 0 Å². The molecular weight excluding hydrogens is 270 g/mol. The normalized spacial score (nSPS) is 13.6. The monoisotopic (exact) mass is 289 g/mol. The highest BCUT2D eigenvalue weighted by atomic mass is 35.5. The summed E-state index contributed by atoms with van der Waals surface area (Å²) in [5, 5.41) is 4.01. The van der Waals surface area contributed by atoms with Gasteiger partial charge in [0.1, 0.15) is 9.84 Å². The first-order valence-electron chi connectivity index (χ1n) is 6.01. The van der Waals surface area contributed by atoms with Crippen LogP contribution in [0, 0.1) is 6.92 Å². The standard InChI is InChI=1S/C13H20ClNO2S/c1-4-15-12(8-9-18(3,16)17)11-7-5-6-10(2)13(11)14/h5-7,12,15H,4,8-9H2,1-3H3. The number of benzene rings is 1. The predicted molar refractivity (Wildman–Crippen MR) is 76.9 cm³/mol. The lowest BCUT2D eigenvalue weighted by molar-refractivity contribution is 0.530. The molecule has 0 radical (unpaired) electrons. The van der Waals surface area contributed by atoms with E-state index in [-0.39, 0.29) is 11.8 Å². The maximum atomic E-state index is 11.3. The van der Waals surface area contributed by atoms with E-state index in [1.807, 2.05) is 32.0 Å². The zero-order valence-corrected chi connectivity index (χ0v) is 12.6. The maximum absolute atomic E-state index is 11.3. The van der Waals surface area contributed by atoms with Crippen LogP contribution in [0.1, 0.15) is 30.5 Å². The average molecular weight is 290 g/mol. The molecule has 1 rings (SSSR count). The van der Waals surface area contributed by atoms with Gasteiger partial charge in [-0.05, 0) is 31.0 Å². The lowest BCUT2D eigenvalue weighted by Gasteiger charge is -2.20. The molecule has 0 bridgehead atoms. The molecule has 1 aromatic carbocycles. The molecule has 0 spiro atoms. The van der Waals surface area contributed by atoms with Crippen LogP contribution in [0.5, 0.6) is 0 Å². The van der Waals surface area contributed by atoms with Crippen molar-refractivity contribution in [2.45, 2.75) is 26.3 Å². The first-order chi connectivity index (χ1) is 8.35.